The van der Waals surface area contributed by atoms with Crippen LogP contribution in [-0.2, 0) is 18.7 Å². The SMILES string of the molecule is OCCN(CCO)c1nc(/N=C\CSOOO)nc(Nc2cccc(Nc3nc(O)nc(Nc4cccc(Nc5nc(/N=C\CSOOO)nc(N(CCO)CCO)n5)c4)n3)c2)n1. The van der Waals surface area contributed by atoms with Crippen molar-refractivity contribution in [1.29, 1.82) is 0 Å². The molecule has 11 N–H and O–H groups in total. The molecule has 0 spiro atoms. The first-order chi connectivity index (χ1) is 30.8. The predicted molar refractivity (Wildman–Crippen MR) is 231 cm³/mol. The number of hydrogen-bond acceptors (Lipinski definition) is 30. The number of nitrogens with zero attached hydrogens (tertiary/aromatic N) is 13. The molecule has 0 radical (unpaired) electrons. The third kappa shape index (κ3) is 16.2. The van der Waals surface area contributed by atoms with Crippen LogP contribution in [0.3, 0.4) is 0 Å². The number of rotatable bonds is 28. The van der Waals surface area contributed by atoms with Crippen molar-refractivity contribution in [1.82, 2.24) is 44.9 Å². The van der Waals surface area contributed by atoms with Crippen LogP contribution in [0.2, 0.25) is 0 Å². The molecule has 0 aliphatic rings. The highest BCUT2D eigenvalue weighted by atomic mass is 32.2. The van der Waals surface area contributed by atoms with Gasteiger partial charge in [-0.1, -0.05) is 22.2 Å². The van der Waals surface area contributed by atoms with Crippen molar-refractivity contribution in [3.63, 3.8) is 0 Å². The Hall–Kier alpha value is -6.29. The van der Waals surface area contributed by atoms with Crippen LogP contribution in [0.25, 0.3) is 0 Å². The summed E-state index contributed by atoms with van der Waals surface area (Å²) in [5.74, 6) is 0.749. The molecule has 336 valence electrons. The molecule has 5 aromatic rings. The van der Waals surface area contributed by atoms with Gasteiger partial charge in [0.05, 0.1) is 37.9 Å². The third-order valence-corrected chi connectivity index (χ3v) is 8.38. The van der Waals surface area contributed by atoms with E-state index in [0.717, 1.165) is 24.1 Å². The Balaban J connectivity index is 1.31. The van der Waals surface area contributed by atoms with E-state index < -0.39 is 6.01 Å². The fourth-order valence-corrected chi connectivity index (χ4v) is 5.53. The lowest BCUT2D eigenvalue weighted by Gasteiger charge is -2.21. The zero-order chi connectivity index (χ0) is 44.7. The van der Waals surface area contributed by atoms with Crippen molar-refractivity contribution < 1.29 is 54.8 Å². The van der Waals surface area contributed by atoms with E-state index in [-0.39, 0.29) is 112 Å². The average Bonchev–Trinajstić information content (AvgIpc) is 3.26. The number of aliphatic hydroxyl groups is 4. The lowest BCUT2D eigenvalue weighted by atomic mass is 10.3. The van der Waals surface area contributed by atoms with E-state index >= 15 is 0 Å². The molecular weight excluding hydrogens is 875 g/mol. The Labute approximate surface area is 365 Å². The molecular formula is C33H41N17O11S2. The summed E-state index contributed by atoms with van der Waals surface area (Å²) in [4.78, 5) is 50.1. The van der Waals surface area contributed by atoms with Crippen LogP contribution in [0.5, 0.6) is 6.01 Å². The van der Waals surface area contributed by atoms with Crippen molar-refractivity contribution >= 4 is 107 Å². The van der Waals surface area contributed by atoms with Gasteiger partial charge in [0.15, 0.2) is 0 Å². The molecule has 0 amide bonds. The van der Waals surface area contributed by atoms with E-state index in [2.05, 4.69) is 94.9 Å². The highest BCUT2D eigenvalue weighted by Crippen LogP contribution is 2.26. The number of aromatic nitrogens is 9. The number of aromatic hydroxyl groups is 1. The molecule has 2 aromatic carbocycles. The van der Waals surface area contributed by atoms with Crippen molar-refractivity contribution in [3.8, 4) is 6.01 Å². The maximum atomic E-state index is 10.4. The maximum Gasteiger partial charge on any atom is 0.320 e. The van der Waals surface area contributed by atoms with E-state index in [0.29, 0.717) is 22.7 Å². The van der Waals surface area contributed by atoms with Gasteiger partial charge in [0, 0.05) is 85.4 Å². The summed E-state index contributed by atoms with van der Waals surface area (Å²) < 4.78 is 8.68. The first-order valence-electron chi connectivity index (χ1n) is 18.3. The Bertz CT molecular complexity index is 2080. The molecule has 0 atom stereocenters. The summed E-state index contributed by atoms with van der Waals surface area (Å²) in [5.41, 5.74) is 1.99. The number of benzene rings is 2. The molecule has 0 aliphatic carbocycles. The van der Waals surface area contributed by atoms with Crippen LogP contribution in [-0.4, -0.2) is 157 Å². The van der Waals surface area contributed by atoms with Gasteiger partial charge < -0.3 is 56.6 Å². The normalized spacial score (nSPS) is 11.3. The fraction of sp³-hybridized carbons (Fsp3) is 0.303. The van der Waals surface area contributed by atoms with Gasteiger partial charge in [-0.3, -0.25) is 0 Å². The highest BCUT2D eigenvalue weighted by Gasteiger charge is 2.16. The van der Waals surface area contributed by atoms with Crippen molar-refractivity contribution in [3.05, 3.63) is 48.5 Å². The van der Waals surface area contributed by atoms with Crippen LogP contribution in [0.15, 0.2) is 58.5 Å². The topological polar surface area (TPSA) is 374 Å². The van der Waals surface area contributed by atoms with Gasteiger partial charge in [-0.25, -0.2) is 20.5 Å². The van der Waals surface area contributed by atoms with Gasteiger partial charge in [0.25, 0.3) is 11.9 Å². The standard InChI is InChI=1S/C33H41N17O11S2/c51-13-9-49(10-14-52)31-43-25(34-7-17-62-60-58-56)40-27(45-31)36-21-3-1-5-23(19-21)38-29-42-30(48-33(55)47-29)39-24-6-2-4-22(20-24)37-28-41-26(35-8-18-63-61-59-57)44-32(46-28)50(11-15-53)12-16-54/h1-8,19-20,51-54,56-57H,9-18H2,(H,36,40,43,45)(H,37,41,44,46)(H3,38,39,42,47,48,55)/b34-7-,35-8-. The van der Waals surface area contributed by atoms with E-state index in [9.17, 15) is 25.5 Å². The number of nitrogens with one attached hydrogen (secondary N) is 4. The number of hydrogen-bond donors (Lipinski definition) is 11. The Morgan fingerprint density at radius 2 is 0.889 bits per heavy atom. The lowest BCUT2D eigenvalue weighted by Crippen LogP contribution is -2.31. The second kappa shape index (κ2) is 26.2. The van der Waals surface area contributed by atoms with Crippen LogP contribution >= 0.6 is 24.1 Å². The van der Waals surface area contributed by atoms with Crippen LogP contribution in [0.4, 0.5) is 70.3 Å². The number of aliphatic hydroxyl groups excluding tert-OH is 4. The predicted octanol–water partition coefficient (Wildman–Crippen LogP) is 2.05. The molecule has 63 heavy (non-hydrogen) atoms. The average molecular weight is 916 g/mol. The largest absolute Gasteiger partial charge is 0.479 e. The minimum absolute atomic E-state index is 0.00192. The molecule has 0 saturated carbocycles. The summed E-state index contributed by atoms with van der Waals surface area (Å²) in [7, 11) is 0. The second-order valence-corrected chi connectivity index (χ2v) is 13.2. The lowest BCUT2D eigenvalue weighted by molar-refractivity contribution is -0.432. The van der Waals surface area contributed by atoms with E-state index in [1.165, 1.54) is 12.4 Å². The minimum atomic E-state index is -0.580. The van der Waals surface area contributed by atoms with Gasteiger partial charge >= 0.3 is 6.01 Å². The summed E-state index contributed by atoms with van der Waals surface area (Å²) in [6, 6.07) is 13.1. The first kappa shape index (κ1) is 47.8. The number of anilines is 10. The van der Waals surface area contributed by atoms with E-state index in [1.54, 1.807) is 58.3 Å². The minimum Gasteiger partial charge on any atom is -0.479 e. The molecule has 3 aromatic heterocycles. The molecule has 5 rings (SSSR count). The quantitative estimate of drug-likeness (QED) is 0.0112. The van der Waals surface area contributed by atoms with Crippen molar-refractivity contribution in [2.75, 3.05) is 95.2 Å². The van der Waals surface area contributed by atoms with E-state index in [1.807, 2.05) is 0 Å². The van der Waals surface area contributed by atoms with Crippen LogP contribution in [0.1, 0.15) is 0 Å². The summed E-state index contributed by atoms with van der Waals surface area (Å²) >= 11 is 1.52. The van der Waals surface area contributed by atoms with E-state index in [4.69, 9.17) is 10.5 Å². The van der Waals surface area contributed by atoms with Gasteiger partial charge in [0.1, 0.15) is 0 Å². The van der Waals surface area contributed by atoms with Crippen molar-refractivity contribution in [2.24, 2.45) is 9.98 Å². The first-order valence-corrected chi connectivity index (χ1v) is 20.1. The summed E-state index contributed by atoms with van der Waals surface area (Å²) in [6.45, 7) is -0.422. The molecule has 0 saturated heterocycles. The van der Waals surface area contributed by atoms with Gasteiger partial charge in [0.2, 0.25) is 35.7 Å². The van der Waals surface area contributed by atoms with Gasteiger partial charge in [-0.2, -0.15) is 44.9 Å². The molecule has 3 heterocycles. The number of aliphatic imine (C=N–C) groups is 2. The molecule has 30 heteroatoms. The molecule has 0 fully saturated rings. The van der Waals surface area contributed by atoms with Crippen LogP contribution < -0.4 is 31.1 Å². The molecule has 0 aliphatic heterocycles. The maximum absolute atomic E-state index is 10.4. The second-order valence-electron chi connectivity index (χ2n) is 11.8. The summed E-state index contributed by atoms with van der Waals surface area (Å²) in [6.07, 6.45) is 2.82. The fourth-order valence-electron chi connectivity index (χ4n) is 5.06. The monoisotopic (exact) mass is 915 g/mol. The van der Waals surface area contributed by atoms with Crippen LogP contribution in [0, 0.1) is 0 Å². The Kier molecular flexibility index (Phi) is 19.9. The van der Waals surface area contributed by atoms with Crippen molar-refractivity contribution in [2.45, 2.75) is 0 Å². The molecule has 0 unspecified atom stereocenters. The van der Waals surface area contributed by atoms with Gasteiger partial charge in [-0.15, -0.1) is 8.67 Å². The summed E-state index contributed by atoms with van der Waals surface area (Å²) in [5, 5.41) is 84.7. The molecule has 0 bridgehead atoms. The Morgan fingerprint density at radius 1 is 0.524 bits per heavy atom. The zero-order valence-corrected chi connectivity index (χ0v) is 34.4. The molecule has 28 nitrogen and oxygen atoms in total. The third-order valence-electron chi connectivity index (χ3n) is 7.50. The smallest absolute Gasteiger partial charge is 0.320 e. The Morgan fingerprint density at radius 3 is 1.24 bits per heavy atom. The highest BCUT2D eigenvalue weighted by molar-refractivity contribution is 7.95. The zero-order valence-electron chi connectivity index (χ0n) is 32.7. The van der Waals surface area contributed by atoms with Gasteiger partial charge in [-0.05, 0) is 36.4 Å².